The zero-order chi connectivity index (χ0) is 15.1. The minimum atomic E-state index is -0.678. The van der Waals surface area contributed by atoms with Crippen molar-refractivity contribution in [3.63, 3.8) is 0 Å². The van der Waals surface area contributed by atoms with Crippen LogP contribution in [0.2, 0.25) is 0 Å². The molecule has 1 fully saturated rings. The molecular weight excluding hydrogens is 385 g/mol. The maximum absolute atomic E-state index is 12.7. The zero-order valence-corrected chi connectivity index (χ0v) is 13.4. The Balaban J connectivity index is 2.24. The summed E-state index contributed by atoms with van der Waals surface area (Å²) in [6, 6.07) is 4.77. The van der Waals surface area contributed by atoms with Crippen LogP contribution in [0.4, 0.5) is 0 Å². The van der Waals surface area contributed by atoms with Crippen LogP contribution in [-0.2, 0) is 9.59 Å². The highest BCUT2D eigenvalue weighted by molar-refractivity contribution is 14.1. The second-order valence-corrected chi connectivity index (χ2v) is 6.10. The van der Waals surface area contributed by atoms with E-state index >= 15 is 0 Å². The molecule has 0 aliphatic carbocycles. The SMILES string of the molecule is Cc1nc2cccc(I)c2c(=O)n1C1CCC(=O)NC1=O. The van der Waals surface area contributed by atoms with E-state index in [0.29, 0.717) is 23.1 Å². The van der Waals surface area contributed by atoms with Gasteiger partial charge in [0.05, 0.1) is 10.9 Å². The number of nitrogens with one attached hydrogen (secondary N) is 1. The number of amides is 2. The Hall–Kier alpha value is -1.77. The molecule has 2 aromatic rings. The van der Waals surface area contributed by atoms with Crippen LogP contribution < -0.4 is 10.9 Å². The number of halogens is 1. The van der Waals surface area contributed by atoms with Gasteiger partial charge < -0.3 is 0 Å². The molecule has 2 heterocycles. The van der Waals surface area contributed by atoms with E-state index in [-0.39, 0.29) is 17.9 Å². The molecule has 21 heavy (non-hydrogen) atoms. The van der Waals surface area contributed by atoms with Gasteiger partial charge in [0, 0.05) is 9.99 Å². The van der Waals surface area contributed by atoms with Crippen molar-refractivity contribution in [2.24, 2.45) is 0 Å². The third-order valence-corrected chi connectivity index (χ3v) is 4.48. The number of nitrogens with zero attached hydrogens (tertiary/aromatic N) is 2. The standard InChI is InChI=1S/C14H12IN3O3/c1-7-16-9-4-2-3-8(15)12(9)14(21)18(7)10-5-6-11(19)17-13(10)20/h2-4,10H,5-6H2,1H3,(H,17,19,20). The molecule has 0 saturated carbocycles. The number of benzene rings is 1. The molecule has 1 aliphatic rings. The summed E-state index contributed by atoms with van der Waals surface area (Å²) in [4.78, 5) is 40.4. The zero-order valence-electron chi connectivity index (χ0n) is 11.2. The highest BCUT2D eigenvalue weighted by Gasteiger charge is 2.30. The lowest BCUT2D eigenvalue weighted by molar-refractivity contribution is -0.135. The Morgan fingerprint density at radius 3 is 2.81 bits per heavy atom. The molecule has 3 rings (SSSR count). The summed E-state index contributed by atoms with van der Waals surface area (Å²) in [5, 5.41) is 2.79. The monoisotopic (exact) mass is 397 g/mol. The number of rotatable bonds is 1. The van der Waals surface area contributed by atoms with Crippen molar-refractivity contribution in [1.82, 2.24) is 14.9 Å². The van der Waals surface area contributed by atoms with E-state index in [1.807, 2.05) is 12.1 Å². The first kappa shape index (κ1) is 14.2. The molecular formula is C14H12IN3O3. The first-order valence-corrected chi connectivity index (χ1v) is 7.58. The Bertz CT molecular complexity index is 828. The van der Waals surface area contributed by atoms with E-state index in [4.69, 9.17) is 0 Å². The molecule has 0 spiro atoms. The molecule has 1 aromatic carbocycles. The van der Waals surface area contributed by atoms with E-state index in [1.54, 1.807) is 13.0 Å². The maximum atomic E-state index is 12.7. The fraction of sp³-hybridized carbons (Fsp3) is 0.286. The third kappa shape index (κ3) is 2.35. The van der Waals surface area contributed by atoms with Crippen molar-refractivity contribution in [3.8, 4) is 0 Å². The van der Waals surface area contributed by atoms with Crippen LogP contribution >= 0.6 is 22.6 Å². The van der Waals surface area contributed by atoms with Crippen molar-refractivity contribution < 1.29 is 9.59 Å². The smallest absolute Gasteiger partial charge is 0.263 e. The molecule has 0 radical (unpaired) electrons. The van der Waals surface area contributed by atoms with Crippen LogP contribution in [-0.4, -0.2) is 21.4 Å². The van der Waals surface area contributed by atoms with Crippen molar-refractivity contribution in [2.75, 3.05) is 0 Å². The van der Waals surface area contributed by atoms with Gasteiger partial charge in [-0.05, 0) is 48.1 Å². The normalized spacial score (nSPS) is 18.9. The fourth-order valence-electron chi connectivity index (χ4n) is 2.61. The topological polar surface area (TPSA) is 81.1 Å². The second-order valence-electron chi connectivity index (χ2n) is 4.94. The van der Waals surface area contributed by atoms with Crippen LogP contribution in [0.3, 0.4) is 0 Å². The lowest BCUT2D eigenvalue weighted by Crippen LogP contribution is -2.45. The van der Waals surface area contributed by atoms with Gasteiger partial charge in [-0.25, -0.2) is 4.98 Å². The molecule has 1 atom stereocenters. The number of fused-ring (bicyclic) bond motifs is 1. The number of imide groups is 1. The minimum Gasteiger partial charge on any atom is -0.295 e. The fourth-order valence-corrected chi connectivity index (χ4v) is 3.32. The van der Waals surface area contributed by atoms with E-state index in [9.17, 15) is 14.4 Å². The molecule has 2 amide bonds. The van der Waals surface area contributed by atoms with Crippen molar-refractivity contribution in [3.05, 3.63) is 37.9 Å². The van der Waals surface area contributed by atoms with Gasteiger partial charge >= 0.3 is 0 Å². The Morgan fingerprint density at radius 2 is 2.10 bits per heavy atom. The van der Waals surface area contributed by atoms with Gasteiger partial charge in [0.25, 0.3) is 5.56 Å². The molecule has 1 unspecified atom stereocenters. The van der Waals surface area contributed by atoms with Gasteiger partial charge in [0.2, 0.25) is 11.8 Å². The van der Waals surface area contributed by atoms with Gasteiger partial charge in [-0.1, -0.05) is 6.07 Å². The summed E-state index contributed by atoms with van der Waals surface area (Å²) in [5.41, 5.74) is 0.380. The average Bonchev–Trinajstić information content (AvgIpc) is 2.40. The van der Waals surface area contributed by atoms with Gasteiger partial charge in [0.15, 0.2) is 0 Å². The highest BCUT2D eigenvalue weighted by atomic mass is 127. The molecule has 108 valence electrons. The van der Waals surface area contributed by atoms with E-state index in [0.717, 1.165) is 3.57 Å². The van der Waals surface area contributed by atoms with E-state index in [2.05, 4.69) is 32.9 Å². The van der Waals surface area contributed by atoms with Crippen molar-refractivity contribution in [2.45, 2.75) is 25.8 Å². The van der Waals surface area contributed by atoms with Gasteiger partial charge in [-0.3, -0.25) is 24.3 Å². The predicted octanol–water partition coefficient (Wildman–Crippen LogP) is 1.29. The van der Waals surface area contributed by atoms with Crippen LogP contribution in [0.5, 0.6) is 0 Å². The second kappa shape index (κ2) is 5.21. The summed E-state index contributed by atoms with van der Waals surface area (Å²) in [6.07, 6.45) is 0.550. The largest absolute Gasteiger partial charge is 0.295 e. The average molecular weight is 397 g/mol. The molecule has 6 nitrogen and oxygen atoms in total. The number of carbonyl (C=O) groups excluding carboxylic acids is 2. The molecule has 1 aromatic heterocycles. The molecule has 1 saturated heterocycles. The Kier molecular flexibility index (Phi) is 3.52. The summed E-state index contributed by atoms with van der Waals surface area (Å²) in [7, 11) is 0. The summed E-state index contributed by atoms with van der Waals surface area (Å²) in [5.74, 6) is -0.266. The van der Waals surface area contributed by atoms with Crippen LogP contribution in [0.15, 0.2) is 23.0 Å². The van der Waals surface area contributed by atoms with E-state index < -0.39 is 11.9 Å². The predicted molar refractivity (Wildman–Crippen MR) is 84.9 cm³/mol. The Morgan fingerprint density at radius 1 is 1.33 bits per heavy atom. The third-order valence-electron chi connectivity index (χ3n) is 3.58. The maximum Gasteiger partial charge on any atom is 0.263 e. The molecule has 1 N–H and O–H groups in total. The number of piperidine rings is 1. The first-order chi connectivity index (χ1) is 9.99. The number of aromatic nitrogens is 2. The number of carbonyl (C=O) groups is 2. The minimum absolute atomic E-state index is 0.228. The van der Waals surface area contributed by atoms with E-state index in [1.165, 1.54) is 4.57 Å². The van der Waals surface area contributed by atoms with Gasteiger partial charge in [-0.2, -0.15) is 0 Å². The Labute approximate surface area is 133 Å². The number of aryl methyl sites for hydroxylation is 1. The summed E-state index contributed by atoms with van der Waals surface area (Å²) < 4.78 is 2.19. The van der Waals surface area contributed by atoms with Crippen LogP contribution in [0.1, 0.15) is 24.7 Å². The summed E-state index contributed by atoms with van der Waals surface area (Å²) >= 11 is 2.08. The van der Waals surface area contributed by atoms with Crippen molar-refractivity contribution >= 4 is 45.3 Å². The quantitative estimate of drug-likeness (QED) is 0.581. The van der Waals surface area contributed by atoms with Gasteiger partial charge in [0.1, 0.15) is 11.9 Å². The summed E-state index contributed by atoms with van der Waals surface area (Å²) in [6.45, 7) is 1.70. The van der Waals surface area contributed by atoms with Crippen LogP contribution in [0.25, 0.3) is 10.9 Å². The lowest BCUT2D eigenvalue weighted by Gasteiger charge is -2.24. The first-order valence-electron chi connectivity index (χ1n) is 6.50. The number of hydrogen-bond acceptors (Lipinski definition) is 4. The molecule has 7 heteroatoms. The molecule has 1 aliphatic heterocycles. The van der Waals surface area contributed by atoms with Gasteiger partial charge in [-0.15, -0.1) is 0 Å². The van der Waals surface area contributed by atoms with Crippen LogP contribution in [0, 0.1) is 10.5 Å². The molecule has 0 bridgehead atoms. The highest BCUT2D eigenvalue weighted by Crippen LogP contribution is 2.21. The van der Waals surface area contributed by atoms with Crippen molar-refractivity contribution in [1.29, 1.82) is 0 Å². The lowest BCUT2D eigenvalue weighted by atomic mass is 10.1. The number of hydrogen-bond donors (Lipinski definition) is 1.